The van der Waals surface area contributed by atoms with Gasteiger partial charge in [-0.2, -0.15) is 0 Å². The molecule has 2 N–H and O–H groups in total. The van der Waals surface area contributed by atoms with Gasteiger partial charge in [0.1, 0.15) is 0 Å². The van der Waals surface area contributed by atoms with Crippen molar-refractivity contribution < 1.29 is 4.79 Å². The molecule has 1 rings (SSSR count). The van der Waals surface area contributed by atoms with Crippen molar-refractivity contribution in [1.82, 2.24) is 0 Å². The van der Waals surface area contributed by atoms with Crippen molar-refractivity contribution in [2.75, 3.05) is 0 Å². The van der Waals surface area contributed by atoms with Gasteiger partial charge in [0.15, 0.2) is 0 Å². The van der Waals surface area contributed by atoms with Crippen molar-refractivity contribution in [3.63, 3.8) is 0 Å². The lowest BCUT2D eigenvalue weighted by atomic mass is 10.2. The van der Waals surface area contributed by atoms with Crippen LogP contribution in [0.2, 0.25) is 0 Å². The number of amides is 1. The molecule has 0 aromatic rings. The quantitative estimate of drug-likeness (QED) is 0.525. The molecule has 1 aliphatic rings. The van der Waals surface area contributed by atoms with E-state index < -0.39 is 5.91 Å². The van der Waals surface area contributed by atoms with Gasteiger partial charge in [-0.15, -0.1) is 5.73 Å². The summed E-state index contributed by atoms with van der Waals surface area (Å²) in [6.07, 6.45) is 8.45. The summed E-state index contributed by atoms with van der Waals surface area (Å²) in [6.45, 7) is 0. The second kappa shape index (κ2) is 2.85. The number of carbonyl (C=O) groups is 1. The maximum atomic E-state index is 10.5. The molecule has 0 heterocycles. The molecule has 0 spiro atoms. The SMILES string of the molecule is NC(=O)C1=CC=CC=C=C1. The second-order valence-corrected chi connectivity index (χ2v) is 1.85. The van der Waals surface area contributed by atoms with Gasteiger partial charge in [0, 0.05) is 5.57 Å². The first-order valence-electron chi connectivity index (χ1n) is 2.90. The molecular formula is C8H7NO. The average Bonchev–Trinajstić information content (AvgIpc) is 2.12. The number of allylic oxidation sites excluding steroid dienone is 3. The van der Waals surface area contributed by atoms with Gasteiger partial charge < -0.3 is 5.73 Å². The Morgan fingerprint density at radius 1 is 1.50 bits per heavy atom. The van der Waals surface area contributed by atoms with Gasteiger partial charge in [-0.1, -0.05) is 12.2 Å². The third-order valence-electron chi connectivity index (χ3n) is 1.10. The van der Waals surface area contributed by atoms with Crippen LogP contribution in [-0.4, -0.2) is 5.91 Å². The minimum atomic E-state index is -0.424. The first-order valence-corrected chi connectivity index (χ1v) is 2.90. The molecule has 0 saturated heterocycles. The topological polar surface area (TPSA) is 43.1 Å². The number of carbonyl (C=O) groups excluding carboxylic acids is 1. The Morgan fingerprint density at radius 2 is 2.30 bits per heavy atom. The van der Waals surface area contributed by atoms with E-state index in [0.717, 1.165) is 0 Å². The van der Waals surface area contributed by atoms with Gasteiger partial charge in [0.05, 0.1) is 0 Å². The van der Waals surface area contributed by atoms with Gasteiger partial charge in [0.2, 0.25) is 5.91 Å². The fourth-order valence-corrected chi connectivity index (χ4v) is 0.610. The summed E-state index contributed by atoms with van der Waals surface area (Å²) in [4.78, 5) is 10.5. The molecule has 0 aromatic carbocycles. The largest absolute Gasteiger partial charge is 0.366 e. The normalized spacial score (nSPS) is 14.6. The Balaban J connectivity index is 2.97. The zero-order valence-electron chi connectivity index (χ0n) is 5.37. The molecule has 50 valence electrons. The lowest BCUT2D eigenvalue weighted by molar-refractivity contribution is -0.114. The number of hydrogen-bond donors (Lipinski definition) is 1. The number of primary amides is 1. The summed E-state index contributed by atoms with van der Waals surface area (Å²) in [7, 11) is 0. The summed E-state index contributed by atoms with van der Waals surface area (Å²) >= 11 is 0. The lowest BCUT2D eigenvalue weighted by Gasteiger charge is -1.88. The lowest BCUT2D eigenvalue weighted by Crippen LogP contribution is -2.11. The molecule has 0 atom stereocenters. The Kier molecular flexibility index (Phi) is 1.88. The van der Waals surface area contributed by atoms with Gasteiger partial charge >= 0.3 is 0 Å². The monoisotopic (exact) mass is 133 g/mol. The number of hydrogen-bond acceptors (Lipinski definition) is 1. The highest BCUT2D eigenvalue weighted by atomic mass is 16.1. The van der Waals surface area contributed by atoms with Crippen LogP contribution in [0.1, 0.15) is 0 Å². The first-order chi connectivity index (χ1) is 4.80. The first kappa shape index (κ1) is 6.59. The van der Waals surface area contributed by atoms with Crippen molar-refractivity contribution >= 4 is 5.91 Å². The van der Waals surface area contributed by atoms with E-state index in [4.69, 9.17) is 5.73 Å². The summed E-state index contributed by atoms with van der Waals surface area (Å²) in [6, 6.07) is 0. The Labute approximate surface area is 59.0 Å². The molecule has 0 saturated carbocycles. The summed E-state index contributed by atoms with van der Waals surface area (Å²) in [5.41, 5.74) is 8.26. The molecule has 0 fully saturated rings. The predicted octanol–water partition coefficient (Wildman–Crippen LogP) is 0.679. The van der Waals surface area contributed by atoms with E-state index in [9.17, 15) is 4.79 Å². The van der Waals surface area contributed by atoms with Gasteiger partial charge in [-0.05, 0) is 18.2 Å². The fourth-order valence-electron chi connectivity index (χ4n) is 0.610. The molecule has 0 radical (unpaired) electrons. The zero-order chi connectivity index (χ0) is 7.40. The molecule has 0 aromatic heterocycles. The Bertz CT molecular complexity index is 265. The molecule has 2 nitrogen and oxygen atoms in total. The van der Waals surface area contributed by atoms with Crippen molar-refractivity contribution in [1.29, 1.82) is 0 Å². The average molecular weight is 133 g/mol. The van der Waals surface area contributed by atoms with Crippen LogP contribution < -0.4 is 5.73 Å². The van der Waals surface area contributed by atoms with E-state index in [1.165, 1.54) is 0 Å². The van der Waals surface area contributed by atoms with Gasteiger partial charge in [-0.25, -0.2) is 0 Å². The minimum absolute atomic E-state index is 0.424. The Morgan fingerprint density at radius 3 is 3.00 bits per heavy atom. The van der Waals surface area contributed by atoms with Crippen LogP contribution in [0, 0.1) is 0 Å². The van der Waals surface area contributed by atoms with Crippen molar-refractivity contribution in [3.05, 3.63) is 41.7 Å². The van der Waals surface area contributed by atoms with E-state index in [1.807, 2.05) is 0 Å². The molecule has 1 amide bonds. The fraction of sp³-hybridized carbons (Fsp3) is 0. The van der Waals surface area contributed by atoms with E-state index in [1.54, 1.807) is 30.4 Å². The van der Waals surface area contributed by atoms with Crippen molar-refractivity contribution in [2.45, 2.75) is 0 Å². The van der Waals surface area contributed by atoms with Crippen LogP contribution >= 0.6 is 0 Å². The van der Waals surface area contributed by atoms with Crippen LogP contribution in [0.4, 0.5) is 0 Å². The molecule has 0 aliphatic heterocycles. The standard InChI is InChI=1S/C8H7NO/c9-8(10)7-5-3-1-2-4-6-7/h1-3,5-6H,(H2,9,10). The maximum absolute atomic E-state index is 10.5. The van der Waals surface area contributed by atoms with Crippen LogP contribution in [-0.2, 0) is 4.79 Å². The number of rotatable bonds is 1. The van der Waals surface area contributed by atoms with E-state index in [-0.39, 0.29) is 0 Å². The third kappa shape index (κ3) is 1.47. The summed E-state index contributed by atoms with van der Waals surface area (Å²) in [5, 5.41) is 0. The van der Waals surface area contributed by atoms with Crippen LogP contribution in [0.25, 0.3) is 0 Å². The summed E-state index contributed by atoms with van der Waals surface area (Å²) in [5.74, 6) is -0.424. The van der Waals surface area contributed by atoms with Crippen molar-refractivity contribution in [2.24, 2.45) is 5.73 Å². The maximum Gasteiger partial charge on any atom is 0.249 e. The summed E-state index contributed by atoms with van der Waals surface area (Å²) < 4.78 is 0. The van der Waals surface area contributed by atoms with Gasteiger partial charge in [-0.3, -0.25) is 4.79 Å². The highest BCUT2D eigenvalue weighted by Crippen LogP contribution is 1.98. The molecule has 2 heteroatoms. The van der Waals surface area contributed by atoms with Crippen LogP contribution in [0.5, 0.6) is 0 Å². The molecule has 10 heavy (non-hydrogen) atoms. The third-order valence-corrected chi connectivity index (χ3v) is 1.10. The molecule has 0 unspecified atom stereocenters. The highest BCUT2D eigenvalue weighted by molar-refractivity contribution is 5.95. The van der Waals surface area contributed by atoms with Crippen LogP contribution in [0.15, 0.2) is 41.7 Å². The Hall–Kier alpha value is -1.53. The van der Waals surface area contributed by atoms with E-state index in [2.05, 4.69) is 5.73 Å². The minimum Gasteiger partial charge on any atom is -0.366 e. The number of nitrogens with two attached hydrogens (primary N) is 1. The van der Waals surface area contributed by atoms with E-state index in [0.29, 0.717) is 5.57 Å². The van der Waals surface area contributed by atoms with Crippen LogP contribution in [0.3, 0.4) is 0 Å². The predicted molar refractivity (Wildman–Crippen MR) is 39.1 cm³/mol. The molecular weight excluding hydrogens is 126 g/mol. The zero-order valence-corrected chi connectivity index (χ0v) is 5.37. The second-order valence-electron chi connectivity index (χ2n) is 1.85. The molecule has 1 aliphatic carbocycles. The van der Waals surface area contributed by atoms with Crippen molar-refractivity contribution in [3.8, 4) is 0 Å². The smallest absolute Gasteiger partial charge is 0.249 e. The highest BCUT2D eigenvalue weighted by Gasteiger charge is 1.97. The van der Waals surface area contributed by atoms with E-state index >= 15 is 0 Å². The van der Waals surface area contributed by atoms with Gasteiger partial charge in [0.25, 0.3) is 0 Å². The molecule has 0 bridgehead atoms.